The third-order valence-electron chi connectivity index (χ3n) is 2.64. The molecule has 0 amide bonds. The van der Waals surface area contributed by atoms with Gasteiger partial charge in [0.15, 0.2) is 0 Å². The molecular weight excluding hydrogens is 286 g/mol. The Kier molecular flexibility index (Phi) is 5.81. The molecule has 2 aromatic heterocycles. The SMILES string of the molecule is CCOC(OCC)n1cc(Sc2ccccn2)cc1C#N. The third-order valence-corrected chi connectivity index (χ3v) is 3.55. The lowest BCUT2D eigenvalue weighted by molar-refractivity contribution is -0.186. The fourth-order valence-corrected chi connectivity index (χ4v) is 2.63. The van der Waals surface area contributed by atoms with Crippen LogP contribution in [0.15, 0.2) is 46.6 Å². The van der Waals surface area contributed by atoms with E-state index in [0.717, 1.165) is 9.92 Å². The Balaban J connectivity index is 2.24. The summed E-state index contributed by atoms with van der Waals surface area (Å²) < 4.78 is 12.8. The first-order chi connectivity index (χ1) is 10.3. The van der Waals surface area contributed by atoms with Crippen LogP contribution in [0.5, 0.6) is 0 Å². The predicted octanol–water partition coefficient (Wildman–Crippen LogP) is 3.44. The maximum Gasteiger partial charge on any atom is 0.244 e. The number of rotatable bonds is 7. The monoisotopic (exact) mass is 303 g/mol. The predicted molar refractivity (Wildman–Crippen MR) is 79.8 cm³/mol. The molecule has 0 bridgehead atoms. The zero-order valence-corrected chi connectivity index (χ0v) is 12.8. The van der Waals surface area contributed by atoms with Gasteiger partial charge < -0.3 is 9.47 Å². The molecule has 0 atom stereocenters. The molecule has 0 saturated carbocycles. The zero-order chi connectivity index (χ0) is 15.1. The molecule has 2 aromatic rings. The fraction of sp³-hybridized carbons (Fsp3) is 0.333. The van der Waals surface area contributed by atoms with E-state index in [4.69, 9.17) is 9.47 Å². The highest BCUT2D eigenvalue weighted by atomic mass is 32.2. The van der Waals surface area contributed by atoms with Crippen LogP contribution in [0.4, 0.5) is 0 Å². The molecule has 0 spiro atoms. The first kappa shape index (κ1) is 15.6. The van der Waals surface area contributed by atoms with E-state index in [1.807, 2.05) is 44.3 Å². The van der Waals surface area contributed by atoms with E-state index in [2.05, 4.69) is 11.1 Å². The largest absolute Gasteiger partial charge is 0.335 e. The lowest BCUT2D eigenvalue weighted by Crippen LogP contribution is -2.17. The third kappa shape index (κ3) is 4.08. The summed E-state index contributed by atoms with van der Waals surface area (Å²) in [7, 11) is 0. The van der Waals surface area contributed by atoms with Crippen molar-refractivity contribution < 1.29 is 9.47 Å². The Morgan fingerprint density at radius 3 is 2.67 bits per heavy atom. The minimum atomic E-state index is -0.576. The van der Waals surface area contributed by atoms with Gasteiger partial charge in [0.1, 0.15) is 16.8 Å². The van der Waals surface area contributed by atoms with Crippen LogP contribution in [0.1, 0.15) is 26.0 Å². The molecular formula is C15H17N3O2S. The second-order valence-corrected chi connectivity index (χ2v) is 5.16. The van der Waals surface area contributed by atoms with Gasteiger partial charge in [0, 0.05) is 30.5 Å². The average Bonchev–Trinajstić information content (AvgIpc) is 2.91. The molecule has 6 heteroatoms. The summed E-state index contributed by atoms with van der Waals surface area (Å²) in [5.74, 6) is 0. The number of hydrogen-bond acceptors (Lipinski definition) is 5. The zero-order valence-electron chi connectivity index (χ0n) is 12.0. The van der Waals surface area contributed by atoms with E-state index in [1.54, 1.807) is 10.8 Å². The lowest BCUT2D eigenvalue weighted by atomic mass is 10.5. The molecule has 0 unspecified atom stereocenters. The normalized spacial score (nSPS) is 10.8. The number of ether oxygens (including phenoxy) is 2. The standard InChI is InChI=1S/C15H17N3O2S/c1-3-19-15(20-4-2)18-11-13(9-12(18)10-16)21-14-7-5-6-8-17-14/h5-9,11,15H,3-4H2,1-2H3. The molecule has 0 saturated heterocycles. The molecule has 2 heterocycles. The van der Waals surface area contributed by atoms with E-state index in [0.29, 0.717) is 18.9 Å². The quantitative estimate of drug-likeness (QED) is 0.733. The van der Waals surface area contributed by atoms with Gasteiger partial charge in [-0.05, 0) is 32.0 Å². The van der Waals surface area contributed by atoms with Gasteiger partial charge in [0.05, 0.1) is 0 Å². The maximum atomic E-state index is 9.28. The van der Waals surface area contributed by atoms with Crippen molar-refractivity contribution in [3.8, 4) is 6.07 Å². The summed E-state index contributed by atoms with van der Waals surface area (Å²) in [6, 6.07) is 9.71. The number of aromatic nitrogens is 2. The van der Waals surface area contributed by atoms with Crippen LogP contribution in [-0.4, -0.2) is 22.8 Å². The molecule has 0 aliphatic carbocycles. The molecule has 0 aromatic carbocycles. The molecule has 0 radical (unpaired) electrons. The molecule has 0 fully saturated rings. The Bertz CT molecular complexity index is 601. The highest BCUT2D eigenvalue weighted by molar-refractivity contribution is 7.99. The van der Waals surface area contributed by atoms with Gasteiger partial charge in [0.2, 0.25) is 6.41 Å². The Morgan fingerprint density at radius 1 is 1.33 bits per heavy atom. The van der Waals surface area contributed by atoms with Gasteiger partial charge in [0.25, 0.3) is 0 Å². The summed E-state index contributed by atoms with van der Waals surface area (Å²) in [6.45, 7) is 4.81. The van der Waals surface area contributed by atoms with Gasteiger partial charge >= 0.3 is 0 Å². The van der Waals surface area contributed by atoms with Crippen LogP contribution in [0.2, 0.25) is 0 Å². The number of nitrogens with zero attached hydrogens (tertiary/aromatic N) is 3. The van der Waals surface area contributed by atoms with Gasteiger partial charge in [-0.2, -0.15) is 5.26 Å². The van der Waals surface area contributed by atoms with Crippen molar-refractivity contribution in [2.45, 2.75) is 30.2 Å². The Hall–Kier alpha value is -1.81. The number of hydrogen-bond donors (Lipinski definition) is 0. The Morgan fingerprint density at radius 2 is 2.10 bits per heavy atom. The second kappa shape index (κ2) is 7.84. The minimum absolute atomic E-state index is 0.500. The molecule has 0 aliphatic rings. The van der Waals surface area contributed by atoms with Crippen LogP contribution in [-0.2, 0) is 9.47 Å². The summed E-state index contributed by atoms with van der Waals surface area (Å²) >= 11 is 1.50. The van der Waals surface area contributed by atoms with Crippen LogP contribution in [0.25, 0.3) is 0 Å². The molecule has 5 nitrogen and oxygen atoms in total. The van der Waals surface area contributed by atoms with Crippen molar-refractivity contribution in [3.05, 3.63) is 42.4 Å². The van der Waals surface area contributed by atoms with Gasteiger partial charge in [-0.3, -0.25) is 4.57 Å². The highest BCUT2D eigenvalue weighted by Gasteiger charge is 2.16. The highest BCUT2D eigenvalue weighted by Crippen LogP contribution is 2.29. The van der Waals surface area contributed by atoms with Crippen LogP contribution in [0.3, 0.4) is 0 Å². The van der Waals surface area contributed by atoms with Crippen LogP contribution in [0, 0.1) is 11.3 Å². The molecule has 110 valence electrons. The number of nitriles is 1. The summed E-state index contributed by atoms with van der Waals surface area (Å²) in [4.78, 5) is 5.19. The fourth-order valence-electron chi connectivity index (χ4n) is 1.80. The topological polar surface area (TPSA) is 60.1 Å². The molecule has 21 heavy (non-hydrogen) atoms. The first-order valence-corrected chi connectivity index (χ1v) is 7.54. The van der Waals surface area contributed by atoms with E-state index < -0.39 is 6.41 Å². The van der Waals surface area contributed by atoms with Crippen molar-refractivity contribution >= 4 is 11.8 Å². The molecule has 0 N–H and O–H groups in total. The average molecular weight is 303 g/mol. The van der Waals surface area contributed by atoms with E-state index in [9.17, 15) is 5.26 Å². The summed E-state index contributed by atoms with van der Waals surface area (Å²) in [5.41, 5.74) is 0.500. The van der Waals surface area contributed by atoms with Crippen molar-refractivity contribution in [1.29, 1.82) is 5.26 Å². The molecule has 0 aliphatic heterocycles. The van der Waals surface area contributed by atoms with E-state index in [-0.39, 0.29) is 0 Å². The van der Waals surface area contributed by atoms with Crippen LogP contribution >= 0.6 is 11.8 Å². The van der Waals surface area contributed by atoms with Gasteiger partial charge in [-0.1, -0.05) is 17.8 Å². The van der Waals surface area contributed by atoms with Crippen molar-refractivity contribution in [3.63, 3.8) is 0 Å². The summed E-state index contributed by atoms with van der Waals surface area (Å²) in [5, 5.41) is 10.2. The van der Waals surface area contributed by atoms with Gasteiger partial charge in [-0.15, -0.1) is 0 Å². The maximum absolute atomic E-state index is 9.28. The van der Waals surface area contributed by atoms with Crippen molar-refractivity contribution in [2.24, 2.45) is 0 Å². The lowest BCUT2D eigenvalue weighted by Gasteiger charge is -2.19. The van der Waals surface area contributed by atoms with E-state index in [1.165, 1.54) is 11.8 Å². The second-order valence-electron chi connectivity index (χ2n) is 4.07. The van der Waals surface area contributed by atoms with Crippen LogP contribution < -0.4 is 0 Å². The minimum Gasteiger partial charge on any atom is -0.335 e. The summed E-state index contributed by atoms with van der Waals surface area (Å²) in [6.07, 6.45) is 3.02. The van der Waals surface area contributed by atoms with E-state index >= 15 is 0 Å². The molecule has 2 rings (SSSR count). The van der Waals surface area contributed by atoms with Gasteiger partial charge in [-0.25, -0.2) is 4.98 Å². The van der Waals surface area contributed by atoms with Crippen molar-refractivity contribution in [1.82, 2.24) is 9.55 Å². The Labute approximate surface area is 128 Å². The van der Waals surface area contributed by atoms with Crippen molar-refractivity contribution in [2.75, 3.05) is 13.2 Å². The smallest absolute Gasteiger partial charge is 0.244 e. The first-order valence-electron chi connectivity index (χ1n) is 6.72. The number of pyridine rings is 1.